The van der Waals surface area contributed by atoms with Crippen LogP contribution in [0.15, 0.2) is 54.6 Å². The smallest absolute Gasteiger partial charge is 0.230 e. The largest absolute Gasteiger partial charge is 0.267 e. The molecule has 1 N–H and O–H groups in total. The van der Waals surface area contributed by atoms with E-state index in [0.717, 1.165) is 33.8 Å². The molecule has 0 radical (unpaired) electrons. The second kappa shape index (κ2) is 5.42. The van der Waals surface area contributed by atoms with E-state index < -0.39 is 10.0 Å². The average molecular weight is 312 g/mol. The number of rotatable bonds is 3. The minimum Gasteiger partial charge on any atom is -0.267 e. The lowest BCUT2D eigenvalue weighted by molar-refractivity contribution is 0.606. The number of hydrogen-bond acceptors (Lipinski definition) is 3. The highest BCUT2D eigenvalue weighted by atomic mass is 32.2. The van der Waals surface area contributed by atoms with Crippen LogP contribution in [-0.4, -0.2) is 19.7 Å². The number of fused-ring (bicyclic) bond motifs is 1. The summed E-state index contributed by atoms with van der Waals surface area (Å²) in [4.78, 5) is 4.51. The van der Waals surface area contributed by atoms with Gasteiger partial charge in [-0.25, -0.2) is 13.4 Å². The summed E-state index contributed by atoms with van der Waals surface area (Å²) < 4.78 is 25.9. The number of para-hydroxylation sites is 1. The van der Waals surface area contributed by atoms with Crippen molar-refractivity contribution in [1.29, 1.82) is 0 Å². The fourth-order valence-corrected chi connectivity index (χ4v) is 3.08. The summed E-state index contributed by atoms with van der Waals surface area (Å²) in [6.07, 6.45) is 1.13. The summed E-state index contributed by atoms with van der Waals surface area (Å²) in [5, 5.41) is 1.01. The first-order chi connectivity index (χ1) is 10.5. The van der Waals surface area contributed by atoms with Crippen molar-refractivity contribution in [2.45, 2.75) is 6.92 Å². The molecule has 0 spiro atoms. The van der Waals surface area contributed by atoms with Crippen LogP contribution in [0.5, 0.6) is 0 Å². The molecule has 1 heterocycles. The van der Waals surface area contributed by atoms with Crippen LogP contribution in [0.2, 0.25) is 0 Å². The lowest BCUT2D eigenvalue weighted by Gasteiger charge is -2.15. The molecule has 0 fully saturated rings. The first kappa shape index (κ1) is 14.5. The Hall–Kier alpha value is -2.40. The van der Waals surface area contributed by atoms with Gasteiger partial charge in [-0.05, 0) is 24.1 Å². The molecule has 4 nitrogen and oxygen atoms in total. The van der Waals surface area contributed by atoms with Crippen LogP contribution >= 0.6 is 0 Å². The van der Waals surface area contributed by atoms with Crippen LogP contribution in [0.3, 0.4) is 0 Å². The van der Waals surface area contributed by atoms with Gasteiger partial charge in [0.25, 0.3) is 0 Å². The van der Waals surface area contributed by atoms with E-state index in [1.165, 1.54) is 0 Å². The normalized spacial score (nSPS) is 11.5. The quantitative estimate of drug-likeness (QED) is 0.804. The zero-order valence-corrected chi connectivity index (χ0v) is 13.2. The fraction of sp³-hybridized carbons (Fsp3) is 0.118. The molecule has 0 amide bonds. The van der Waals surface area contributed by atoms with E-state index in [0.29, 0.717) is 5.82 Å². The number of nitrogens with one attached hydrogen (secondary N) is 1. The van der Waals surface area contributed by atoms with Crippen LogP contribution < -0.4 is 4.72 Å². The molecule has 3 rings (SSSR count). The summed E-state index contributed by atoms with van der Waals surface area (Å²) in [5.74, 6) is 0.366. The zero-order chi connectivity index (χ0) is 15.7. The topological polar surface area (TPSA) is 59.1 Å². The minimum atomic E-state index is -3.41. The summed E-state index contributed by atoms with van der Waals surface area (Å²) >= 11 is 0. The second-order valence-corrected chi connectivity index (χ2v) is 6.97. The van der Waals surface area contributed by atoms with Crippen molar-refractivity contribution in [1.82, 2.24) is 4.98 Å². The minimum absolute atomic E-state index is 0.366. The van der Waals surface area contributed by atoms with Crippen molar-refractivity contribution in [3.05, 3.63) is 60.2 Å². The van der Waals surface area contributed by atoms with E-state index in [1.54, 1.807) is 0 Å². The standard InChI is InChI=1S/C17H16N2O2S/c1-12-14-10-6-7-11-15(14)18-17(19-22(2,20)21)16(12)13-8-4-3-5-9-13/h3-11H,1-2H3,(H,18,19). The molecule has 0 aliphatic carbocycles. The molecule has 2 aromatic carbocycles. The van der Waals surface area contributed by atoms with E-state index in [9.17, 15) is 8.42 Å². The summed E-state index contributed by atoms with van der Waals surface area (Å²) in [5.41, 5.74) is 3.52. The predicted octanol–water partition coefficient (Wildman–Crippen LogP) is 3.58. The fourth-order valence-electron chi connectivity index (χ4n) is 2.58. The summed E-state index contributed by atoms with van der Waals surface area (Å²) in [6, 6.07) is 17.4. The molecule has 5 heteroatoms. The maximum Gasteiger partial charge on any atom is 0.230 e. The average Bonchev–Trinajstić information content (AvgIpc) is 2.47. The van der Waals surface area contributed by atoms with Crippen LogP contribution in [0.4, 0.5) is 5.82 Å². The van der Waals surface area contributed by atoms with E-state index in [1.807, 2.05) is 61.5 Å². The third-order valence-corrected chi connectivity index (χ3v) is 4.06. The van der Waals surface area contributed by atoms with Gasteiger partial charge in [0.1, 0.15) is 5.82 Å². The second-order valence-electron chi connectivity index (χ2n) is 5.22. The number of anilines is 1. The molecule has 0 unspecified atom stereocenters. The molecular formula is C17H16N2O2S. The maximum atomic E-state index is 11.7. The highest BCUT2D eigenvalue weighted by molar-refractivity contribution is 7.92. The molecule has 0 bridgehead atoms. The molecule has 0 aliphatic heterocycles. The molecule has 0 atom stereocenters. The van der Waals surface area contributed by atoms with Gasteiger partial charge < -0.3 is 0 Å². The molecule has 22 heavy (non-hydrogen) atoms. The Morgan fingerprint density at radius 1 is 0.955 bits per heavy atom. The number of nitrogens with zero attached hydrogens (tertiary/aromatic N) is 1. The van der Waals surface area contributed by atoms with Crippen LogP contribution in [-0.2, 0) is 10.0 Å². The van der Waals surface area contributed by atoms with E-state index in [-0.39, 0.29) is 0 Å². The number of pyridine rings is 1. The van der Waals surface area contributed by atoms with Crippen molar-refractivity contribution in [3.63, 3.8) is 0 Å². The van der Waals surface area contributed by atoms with Gasteiger partial charge in [-0.2, -0.15) is 0 Å². The molecule has 0 saturated carbocycles. The van der Waals surface area contributed by atoms with Gasteiger partial charge in [0.05, 0.1) is 11.8 Å². The Bertz CT molecular complexity index is 936. The molecular weight excluding hydrogens is 296 g/mol. The van der Waals surface area contributed by atoms with E-state index in [4.69, 9.17) is 0 Å². The Kier molecular flexibility index (Phi) is 3.58. The van der Waals surface area contributed by atoms with Gasteiger partial charge in [-0.15, -0.1) is 0 Å². The molecule has 0 saturated heterocycles. The van der Waals surface area contributed by atoms with Gasteiger partial charge in [0.15, 0.2) is 0 Å². The lowest BCUT2D eigenvalue weighted by Crippen LogP contribution is -2.12. The number of hydrogen-bond donors (Lipinski definition) is 1. The van der Waals surface area contributed by atoms with Gasteiger partial charge in [-0.1, -0.05) is 48.5 Å². The Morgan fingerprint density at radius 3 is 2.27 bits per heavy atom. The number of sulfonamides is 1. The molecule has 3 aromatic rings. The van der Waals surface area contributed by atoms with Gasteiger partial charge in [0, 0.05) is 10.9 Å². The lowest BCUT2D eigenvalue weighted by atomic mass is 9.98. The monoisotopic (exact) mass is 312 g/mol. The van der Waals surface area contributed by atoms with Gasteiger partial charge >= 0.3 is 0 Å². The first-order valence-electron chi connectivity index (χ1n) is 6.88. The van der Waals surface area contributed by atoms with Crippen LogP contribution in [0.25, 0.3) is 22.0 Å². The third kappa shape index (κ3) is 2.80. The SMILES string of the molecule is Cc1c(-c2ccccc2)c(NS(C)(=O)=O)nc2ccccc12. The van der Waals surface area contributed by atoms with Crippen LogP contribution in [0.1, 0.15) is 5.56 Å². The molecule has 112 valence electrons. The van der Waals surface area contributed by atoms with Crippen molar-refractivity contribution in [2.75, 3.05) is 11.0 Å². The summed E-state index contributed by atoms with van der Waals surface area (Å²) in [6.45, 7) is 1.99. The van der Waals surface area contributed by atoms with Gasteiger partial charge in [-0.3, -0.25) is 4.72 Å². The highest BCUT2D eigenvalue weighted by Crippen LogP contribution is 2.34. The molecule has 0 aliphatic rings. The van der Waals surface area contributed by atoms with Gasteiger partial charge in [0.2, 0.25) is 10.0 Å². The van der Waals surface area contributed by atoms with Crippen molar-refractivity contribution in [3.8, 4) is 11.1 Å². The molecule has 1 aromatic heterocycles. The Balaban J connectivity index is 2.36. The van der Waals surface area contributed by atoms with E-state index >= 15 is 0 Å². The van der Waals surface area contributed by atoms with Crippen molar-refractivity contribution in [2.24, 2.45) is 0 Å². The summed E-state index contributed by atoms with van der Waals surface area (Å²) in [7, 11) is -3.41. The van der Waals surface area contributed by atoms with Crippen molar-refractivity contribution < 1.29 is 8.42 Å². The van der Waals surface area contributed by atoms with E-state index in [2.05, 4.69) is 9.71 Å². The van der Waals surface area contributed by atoms with Crippen molar-refractivity contribution >= 4 is 26.7 Å². The maximum absolute atomic E-state index is 11.7. The Labute approximate surface area is 129 Å². The predicted molar refractivity (Wildman–Crippen MR) is 90.4 cm³/mol. The van der Waals surface area contributed by atoms with Crippen LogP contribution in [0, 0.1) is 6.92 Å². The third-order valence-electron chi connectivity index (χ3n) is 3.50. The Morgan fingerprint density at radius 2 is 1.59 bits per heavy atom. The highest BCUT2D eigenvalue weighted by Gasteiger charge is 2.16. The number of aryl methyl sites for hydroxylation is 1. The number of aromatic nitrogens is 1. The zero-order valence-electron chi connectivity index (χ0n) is 12.4. The number of benzene rings is 2. The first-order valence-corrected chi connectivity index (χ1v) is 8.77.